The lowest BCUT2D eigenvalue weighted by Gasteiger charge is -2.15. The Bertz CT molecular complexity index is 629. The van der Waals surface area contributed by atoms with Crippen molar-refractivity contribution in [2.45, 2.75) is 13.0 Å². The molecule has 0 aliphatic rings. The molecule has 0 amide bonds. The van der Waals surface area contributed by atoms with Crippen LogP contribution < -0.4 is 0 Å². The maximum atomic E-state index is 10.5. The monoisotopic (exact) mass is 422 g/mol. The molecule has 0 aromatic heterocycles. The van der Waals surface area contributed by atoms with E-state index in [1.807, 2.05) is 19.1 Å². The van der Waals surface area contributed by atoms with Gasteiger partial charge in [-0.3, -0.25) is 0 Å². The van der Waals surface area contributed by atoms with Gasteiger partial charge in [-0.2, -0.15) is 0 Å². The molecule has 5 heteroatoms. The molecule has 0 aliphatic carbocycles. The smallest absolute Gasteiger partial charge is 0.105 e. The van der Waals surface area contributed by atoms with E-state index in [0.29, 0.717) is 15.6 Å². The van der Waals surface area contributed by atoms with Gasteiger partial charge in [-0.1, -0.05) is 61.1 Å². The van der Waals surface area contributed by atoms with Gasteiger partial charge in [0.2, 0.25) is 0 Å². The first-order valence-corrected chi connectivity index (χ1v) is 7.83. The fraction of sp³-hybridized carbons (Fsp3) is 0.143. The van der Waals surface area contributed by atoms with Crippen molar-refractivity contribution < 1.29 is 5.11 Å². The third kappa shape index (κ3) is 3.34. The number of aryl methyl sites for hydroxylation is 1. The molecule has 0 bridgehead atoms. The lowest BCUT2D eigenvalue weighted by molar-refractivity contribution is 0.219. The van der Waals surface area contributed by atoms with E-state index in [1.54, 1.807) is 18.2 Å². The Morgan fingerprint density at radius 1 is 1.00 bits per heavy atom. The van der Waals surface area contributed by atoms with Crippen molar-refractivity contribution in [2.24, 2.45) is 0 Å². The van der Waals surface area contributed by atoms with Gasteiger partial charge in [0.25, 0.3) is 0 Å². The first kappa shape index (κ1) is 15.3. The van der Waals surface area contributed by atoms with Crippen LogP contribution in [0.3, 0.4) is 0 Å². The second kappa shape index (κ2) is 6.15. The average Bonchev–Trinajstić information content (AvgIpc) is 2.36. The summed E-state index contributed by atoms with van der Waals surface area (Å²) in [6.45, 7) is 1.99. The van der Waals surface area contributed by atoms with Crippen LogP contribution in [0.4, 0.5) is 0 Å². The minimum atomic E-state index is -0.763. The normalized spacial score (nSPS) is 12.5. The van der Waals surface area contributed by atoms with Crippen LogP contribution in [0.15, 0.2) is 39.3 Å². The molecule has 100 valence electrons. The largest absolute Gasteiger partial charge is 0.384 e. The molecule has 0 fully saturated rings. The van der Waals surface area contributed by atoms with Crippen LogP contribution in [-0.4, -0.2) is 5.11 Å². The minimum absolute atomic E-state index is 0.431. The van der Waals surface area contributed by atoms with Crippen molar-refractivity contribution in [1.82, 2.24) is 0 Å². The summed E-state index contributed by atoms with van der Waals surface area (Å²) in [6.07, 6.45) is -0.763. The average molecular weight is 425 g/mol. The third-order valence-electron chi connectivity index (χ3n) is 2.83. The van der Waals surface area contributed by atoms with Gasteiger partial charge in [0.05, 0.1) is 10.0 Å². The van der Waals surface area contributed by atoms with Crippen LogP contribution in [0.1, 0.15) is 22.8 Å². The molecule has 2 rings (SSSR count). The summed E-state index contributed by atoms with van der Waals surface area (Å²) in [7, 11) is 0. The second-order valence-corrected chi connectivity index (χ2v) is 6.72. The van der Waals surface area contributed by atoms with Crippen molar-refractivity contribution in [1.29, 1.82) is 0 Å². The number of benzene rings is 2. The topological polar surface area (TPSA) is 20.2 Å². The highest BCUT2D eigenvalue weighted by atomic mass is 79.9. The number of hydrogen-bond donors (Lipinski definition) is 1. The molecule has 0 heterocycles. The number of aliphatic hydroxyl groups is 1. The maximum Gasteiger partial charge on any atom is 0.105 e. The molecule has 1 N–H and O–H groups in total. The summed E-state index contributed by atoms with van der Waals surface area (Å²) in [6, 6.07) is 8.97. The number of halogens is 4. The molecule has 1 nitrogen and oxygen atoms in total. The SMILES string of the molecule is Cc1cc(Br)c(C(O)c2ccc(Cl)c(Cl)c2)cc1Br. The summed E-state index contributed by atoms with van der Waals surface area (Å²) < 4.78 is 1.80. The highest BCUT2D eigenvalue weighted by Gasteiger charge is 2.16. The first-order valence-electron chi connectivity index (χ1n) is 5.48. The Hall–Kier alpha value is -0.0600. The lowest BCUT2D eigenvalue weighted by Crippen LogP contribution is -2.01. The van der Waals surface area contributed by atoms with E-state index >= 15 is 0 Å². The van der Waals surface area contributed by atoms with Crippen LogP contribution in [0.5, 0.6) is 0 Å². The van der Waals surface area contributed by atoms with E-state index in [1.165, 1.54) is 0 Å². The summed E-state index contributed by atoms with van der Waals surface area (Å²) in [5.74, 6) is 0. The standard InChI is InChI=1S/C14H10Br2Cl2O/c1-7-4-11(16)9(6-10(7)15)14(19)8-2-3-12(17)13(18)5-8/h2-6,14,19H,1H3. The van der Waals surface area contributed by atoms with Crippen LogP contribution in [0, 0.1) is 6.92 Å². The number of rotatable bonds is 2. The van der Waals surface area contributed by atoms with Crippen molar-refractivity contribution in [3.63, 3.8) is 0 Å². The maximum absolute atomic E-state index is 10.5. The molecular formula is C14H10Br2Cl2O. The molecule has 0 spiro atoms. The molecule has 0 aliphatic heterocycles. The van der Waals surface area contributed by atoms with Gasteiger partial charge >= 0.3 is 0 Å². The Labute approximate surface area is 138 Å². The highest BCUT2D eigenvalue weighted by Crippen LogP contribution is 2.34. The van der Waals surface area contributed by atoms with E-state index in [9.17, 15) is 5.11 Å². The van der Waals surface area contributed by atoms with Gasteiger partial charge in [-0.15, -0.1) is 0 Å². The van der Waals surface area contributed by atoms with Crippen molar-refractivity contribution in [3.05, 3.63) is 66.0 Å². The van der Waals surface area contributed by atoms with Gasteiger partial charge in [0.15, 0.2) is 0 Å². The summed E-state index contributed by atoms with van der Waals surface area (Å²) in [5.41, 5.74) is 2.57. The van der Waals surface area contributed by atoms with E-state index in [4.69, 9.17) is 23.2 Å². The zero-order valence-electron chi connectivity index (χ0n) is 9.92. The van der Waals surface area contributed by atoms with Crippen LogP contribution in [-0.2, 0) is 0 Å². The summed E-state index contributed by atoms with van der Waals surface area (Å²) in [5, 5.41) is 11.4. The van der Waals surface area contributed by atoms with E-state index < -0.39 is 6.10 Å². The molecule has 0 saturated heterocycles. The van der Waals surface area contributed by atoms with Gasteiger partial charge in [0.1, 0.15) is 6.10 Å². The first-order chi connectivity index (χ1) is 8.90. The Morgan fingerprint density at radius 3 is 2.32 bits per heavy atom. The predicted molar refractivity (Wildman–Crippen MR) is 87.1 cm³/mol. The highest BCUT2D eigenvalue weighted by molar-refractivity contribution is 9.11. The Balaban J connectivity index is 2.46. The molecule has 2 aromatic rings. The Kier molecular flexibility index (Phi) is 4.96. The fourth-order valence-electron chi connectivity index (χ4n) is 1.73. The van der Waals surface area contributed by atoms with Crippen molar-refractivity contribution in [3.8, 4) is 0 Å². The molecular weight excluding hydrogens is 415 g/mol. The van der Waals surface area contributed by atoms with Crippen molar-refractivity contribution >= 4 is 55.1 Å². The van der Waals surface area contributed by atoms with Gasteiger partial charge in [-0.05, 0) is 42.3 Å². The minimum Gasteiger partial charge on any atom is -0.384 e. The quantitative estimate of drug-likeness (QED) is 0.635. The third-order valence-corrected chi connectivity index (χ3v) is 5.11. The molecule has 1 atom stereocenters. The van der Waals surface area contributed by atoms with E-state index in [-0.39, 0.29) is 0 Å². The fourth-order valence-corrected chi connectivity index (χ4v) is 3.08. The lowest BCUT2D eigenvalue weighted by atomic mass is 10.0. The van der Waals surface area contributed by atoms with E-state index in [2.05, 4.69) is 31.9 Å². The number of hydrogen-bond acceptors (Lipinski definition) is 1. The molecule has 2 aromatic carbocycles. The number of aliphatic hydroxyl groups excluding tert-OH is 1. The van der Waals surface area contributed by atoms with Gasteiger partial charge < -0.3 is 5.11 Å². The predicted octanol–water partition coefficient (Wildman–Crippen LogP) is 5.91. The van der Waals surface area contributed by atoms with Crippen LogP contribution >= 0.6 is 55.1 Å². The van der Waals surface area contributed by atoms with E-state index in [0.717, 1.165) is 20.1 Å². The summed E-state index contributed by atoms with van der Waals surface area (Å²) >= 11 is 18.8. The van der Waals surface area contributed by atoms with Gasteiger partial charge in [0, 0.05) is 14.5 Å². The zero-order chi connectivity index (χ0) is 14.2. The van der Waals surface area contributed by atoms with Crippen LogP contribution in [0.25, 0.3) is 0 Å². The summed E-state index contributed by atoms with van der Waals surface area (Å²) in [4.78, 5) is 0. The Morgan fingerprint density at radius 2 is 1.68 bits per heavy atom. The van der Waals surface area contributed by atoms with Gasteiger partial charge in [-0.25, -0.2) is 0 Å². The molecule has 19 heavy (non-hydrogen) atoms. The van der Waals surface area contributed by atoms with Crippen molar-refractivity contribution in [2.75, 3.05) is 0 Å². The molecule has 1 unspecified atom stereocenters. The zero-order valence-corrected chi connectivity index (χ0v) is 14.6. The second-order valence-electron chi connectivity index (χ2n) is 4.20. The molecule has 0 saturated carbocycles. The molecule has 0 radical (unpaired) electrons. The van der Waals surface area contributed by atoms with Crippen LogP contribution in [0.2, 0.25) is 10.0 Å².